The molecular formula is C11H25NO2S. The van der Waals surface area contributed by atoms with Crippen molar-refractivity contribution < 1.29 is 9.84 Å². The molecule has 0 aliphatic heterocycles. The standard InChI is InChI=1S/C11H25NO2S/c1-10(2)4-7-15-9-11(13)8-12-5-6-14-3/h10-13H,4-9H2,1-3H3. The minimum atomic E-state index is -0.237. The molecule has 0 radical (unpaired) electrons. The fourth-order valence-corrected chi connectivity index (χ4v) is 2.23. The van der Waals surface area contributed by atoms with Crippen molar-refractivity contribution in [1.29, 1.82) is 0 Å². The van der Waals surface area contributed by atoms with Crippen molar-refractivity contribution in [1.82, 2.24) is 5.32 Å². The van der Waals surface area contributed by atoms with Crippen molar-refractivity contribution in [2.45, 2.75) is 26.4 Å². The molecule has 0 aliphatic carbocycles. The summed E-state index contributed by atoms with van der Waals surface area (Å²) in [7, 11) is 1.68. The van der Waals surface area contributed by atoms with E-state index in [9.17, 15) is 5.11 Å². The highest BCUT2D eigenvalue weighted by atomic mass is 32.2. The third-order valence-corrected chi connectivity index (χ3v) is 3.16. The topological polar surface area (TPSA) is 41.5 Å². The fraction of sp³-hybridized carbons (Fsp3) is 1.00. The van der Waals surface area contributed by atoms with Gasteiger partial charge in [0.15, 0.2) is 0 Å². The normalized spacial score (nSPS) is 13.4. The van der Waals surface area contributed by atoms with Crippen molar-refractivity contribution in [3.05, 3.63) is 0 Å². The van der Waals surface area contributed by atoms with Crippen LogP contribution in [0.15, 0.2) is 0 Å². The van der Waals surface area contributed by atoms with E-state index in [4.69, 9.17) is 4.74 Å². The van der Waals surface area contributed by atoms with E-state index in [1.807, 2.05) is 11.8 Å². The van der Waals surface area contributed by atoms with Gasteiger partial charge in [0.1, 0.15) is 0 Å². The Morgan fingerprint density at radius 1 is 1.40 bits per heavy atom. The molecule has 0 heterocycles. The monoisotopic (exact) mass is 235 g/mol. The Morgan fingerprint density at radius 3 is 2.73 bits per heavy atom. The molecule has 0 aromatic carbocycles. The Bertz CT molecular complexity index is 134. The molecule has 0 aromatic rings. The summed E-state index contributed by atoms with van der Waals surface area (Å²) in [5.74, 6) is 2.73. The number of aliphatic hydroxyl groups excluding tert-OH is 1. The Hall–Kier alpha value is 0.230. The first kappa shape index (κ1) is 15.2. The summed E-state index contributed by atoms with van der Waals surface area (Å²) in [6, 6.07) is 0. The van der Waals surface area contributed by atoms with E-state index in [1.54, 1.807) is 7.11 Å². The molecule has 0 amide bonds. The molecule has 15 heavy (non-hydrogen) atoms. The van der Waals surface area contributed by atoms with Crippen LogP contribution in [0.2, 0.25) is 0 Å². The second kappa shape index (κ2) is 10.7. The number of rotatable bonds is 10. The van der Waals surface area contributed by atoms with Gasteiger partial charge >= 0.3 is 0 Å². The van der Waals surface area contributed by atoms with Crippen LogP contribution in [0, 0.1) is 5.92 Å². The van der Waals surface area contributed by atoms with Gasteiger partial charge in [0.05, 0.1) is 12.7 Å². The highest BCUT2D eigenvalue weighted by molar-refractivity contribution is 7.99. The van der Waals surface area contributed by atoms with Crippen molar-refractivity contribution in [3.8, 4) is 0 Å². The minimum absolute atomic E-state index is 0.237. The summed E-state index contributed by atoms with van der Waals surface area (Å²) >= 11 is 1.83. The molecule has 1 atom stereocenters. The number of methoxy groups -OCH3 is 1. The lowest BCUT2D eigenvalue weighted by molar-refractivity contribution is 0.175. The Balaban J connectivity index is 3.15. The van der Waals surface area contributed by atoms with E-state index in [0.29, 0.717) is 13.2 Å². The van der Waals surface area contributed by atoms with Crippen LogP contribution >= 0.6 is 11.8 Å². The number of aliphatic hydroxyl groups is 1. The van der Waals surface area contributed by atoms with Crippen LogP contribution < -0.4 is 5.32 Å². The maximum atomic E-state index is 9.59. The van der Waals surface area contributed by atoms with Crippen molar-refractivity contribution in [2.24, 2.45) is 5.92 Å². The Morgan fingerprint density at radius 2 is 2.13 bits per heavy atom. The summed E-state index contributed by atoms with van der Waals surface area (Å²) in [4.78, 5) is 0. The SMILES string of the molecule is COCCNCC(O)CSCCC(C)C. The predicted octanol–water partition coefficient (Wildman–Crippen LogP) is 1.36. The molecule has 92 valence electrons. The molecule has 0 bridgehead atoms. The summed E-state index contributed by atoms with van der Waals surface area (Å²) in [6.45, 7) is 6.63. The number of thioether (sulfide) groups is 1. The van der Waals surface area contributed by atoms with Gasteiger partial charge in [-0.2, -0.15) is 11.8 Å². The van der Waals surface area contributed by atoms with Crippen LogP contribution in [0.1, 0.15) is 20.3 Å². The molecule has 0 saturated heterocycles. The summed E-state index contributed by atoms with van der Waals surface area (Å²) in [5.41, 5.74) is 0. The Kier molecular flexibility index (Phi) is 10.9. The minimum Gasteiger partial charge on any atom is -0.391 e. The van der Waals surface area contributed by atoms with E-state index >= 15 is 0 Å². The van der Waals surface area contributed by atoms with Gasteiger partial charge in [0, 0.05) is 26.0 Å². The van der Waals surface area contributed by atoms with E-state index in [0.717, 1.165) is 24.0 Å². The predicted molar refractivity (Wildman–Crippen MR) is 67.5 cm³/mol. The quantitative estimate of drug-likeness (QED) is 0.561. The van der Waals surface area contributed by atoms with Crippen LogP contribution in [0.5, 0.6) is 0 Å². The summed E-state index contributed by atoms with van der Waals surface area (Å²) in [6.07, 6.45) is 0.994. The number of ether oxygens (including phenoxy) is 1. The molecule has 2 N–H and O–H groups in total. The van der Waals surface area contributed by atoms with Crippen molar-refractivity contribution in [3.63, 3.8) is 0 Å². The second-order valence-electron chi connectivity index (χ2n) is 4.11. The summed E-state index contributed by atoms with van der Waals surface area (Å²) < 4.78 is 4.90. The first-order valence-corrected chi connectivity index (χ1v) is 6.77. The van der Waals surface area contributed by atoms with Gasteiger partial charge in [-0.15, -0.1) is 0 Å². The molecule has 0 aromatic heterocycles. The number of hydrogen-bond donors (Lipinski definition) is 2. The molecule has 0 saturated carbocycles. The van der Waals surface area contributed by atoms with Gasteiger partial charge in [0.25, 0.3) is 0 Å². The third-order valence-electron chi connectivity index (χ3n) is 2.01. The largest absolute Gasteiger partial charge is 0.391 e. The lowest BCUT2D eigenvalue weighted by Gasteiger charge is -2.11. The molecule has 3 nitrogen and oxygen atoms in total. The van der Waals surface area contributed by atoms with Gasteiger partial charge in [-0.1, -0.05) is 13.8 Å². The number of hydrogen-bond acceptors (Lipinski definition) is 4. The second-order valence-corrected chi connectivity index (χ2v) is 5.26. The zero-order valence-corrected chi connectivity index (χ0v) is 11.0. The smallest absolute Gasteiger partial charge is 0.0754 e. The summed E-state index contributed by atoms with van der Waals surface area (Å²) in [5, 5.41) is 12.7. The number of nitrogens with one attached hydrogen (secondary N) is 1. The first-order chi connectivity index (χ1) is 7.16. The zero-order chi connectivity index (χ0) is 11.5. The van der Waals surface area contributed by atoms with Gasteiger partial charge in [-0.05, 0) is 18.1 Å². The average Bonchev–Trinajstić information content (AvgIpc) is 2.19. The average molecular weight is 235 g/mol. The van der Waals surface area contributed by atoms with Crippen LogP contribution in [0.4, 0.5) is 0 Å². The third kappa shape index (κ3) is 12.2. The van der Waals surface area contributed by atoms with Gasteiger partial charge in [-0.25, -0.2) is 0 Å². The Labute approximate surface area is 98.0 Å². The lowest BCUT2D eigenvalue weighted by Crippen LogP contribution is -2.30. The highest BCUT2D eigenvalue weighted by Crippen LogP contribution is 2.09. The van der Waals surface area contributed by atoms with Crippen molar-refractivity contribution >= 4 is 11.8 Å². The highest BCUT2D eigenvalue weighted by Gasteiger charge is 2.03. The van der Waals surface area contributed by atoms with Crippen LogP contribution in [0.25, 0.3) is 0 Å². The molecule has 0 aliphatic rings. The van der Waals surface area contributed by atoms with Crippen LogP contribution in [-0.2, 0) is 4.74 Å². The van der Waals surface area contributed by atoms with Crippen LogP contribution in [-0.4, -0.2) is 49.5 Å². The zero-order valence-electron chi connectivity index (χ0n) is 10.2. The molecule has 0 spiro atoms. The molecule has 0 fully saturated rings. The fourth-order valence-electron chi connectivity index (χ4n) is 1.04. The van der Waals surface area contributed by atoms with Crippen LogP contribution in [0.3, 0.4) is 0 Å². The van der Waals surface area contributed by atoms with Gasteiger partial charge < -0.3 is 15.2 Å². The van der Waals surface area contributed by atoms with Gasteiger partial charge in [0.2, 0.25) is 0 Å². The van der Waals surface area contributed by atoms with E-state index in [-0.39, 0.29) is 6.10 Å². The van der Waals surface area contributed by atoms with E-state index in [1.165, 1.54) is 6.42 Å². The van der Waals surface area contributed by atoms with E-state index in [2.05, 4.69) is 19.2 Å². The molecule has 0 rings (SSSR count). The van der Waals surface area contributed by atoms with E-state index < -0.39 is 0 Å². The molecule has 4 heteroatoms. The molecular weight excluding hydrogens is 210 g/mol. The maximum Gasteiger partial charge on any atom is 0.0754 e. The maximum absolute atomic E-state index is 9.59. The molecule has 1 unspecified atom stereocenters. The first-order valence-electron chi connectivity index (χ1n) is 5.62. The lowest BCUT2D eigenvalue weighted by atomic mass is 10.2. The van der Waals surface area contributed by atoms with Gasteiger partial charge in [-0.3, -0.25) is 0 Å². The van der Waals surface area contributed by atoms with Crippen molar-refractivity contribution in [2.75, 3.05) is 38.3 Å².